The van der Waals surface area contributed by atoms with E-state index in [0.29, 0.717) is 30.3 Å². The number of hydrogen-bond acceptors (Lipinski definition) is 5. The highest BCUT2D eigenvalue weighted by Gasteiger charge is 2.22. The van der Waals surface area contributed by atoms with E-state index >= 15 is 0 Å². The summed E-state index contributed by atoms with van der Waals surface area (Å²) in [7, 11) is 1.36. The van der Waals surface area contributed by atoms with E-state index in [1.165, 1.54) is 25.3 Å². The zero-order valence-electron chi connectivity index (χ0n) is 13.4. The first-order chi connectivity index (χ1) is 12.1. The van der Waals surface area contributed by atoms with Gasteiger partial charge in [-0.15, -0.1) is 0 Å². The standard InChI is InChI=1S/C19H14FNO4/c1-23-16-6-5-12(10-15(16)20)9-13(11-21)18(22)14-3-2-4-17-19(14)25-8-7-24-17/h2-6,9-10H,7-8H2,1H3. The number of para-hydroxylation sites is 1. The number of allylic oxidation sites excluding steroid dienone is 1. The minimum absolute atomic E-state index is 0.0876. The minimum atomic E-state index is -0.574. The van der Waals surface area contributed by atoms with Crippen LogP contribution in [-0.4, -0.2) is 26.1 Å². The molecule has 126 valence electrons. The summed E-state index contributed by atoms with van der Waals surface area (Å²) in [6.45, 7) is 0.725. The van der Waals surface area contributed by atoms with E-state index in [2.05, 4.69) is 0 Å². The number of methoxy groups -OCH3 is 1. The molecule has 2 aromatic carbocycles. The average Bonchev–Trinajstić information content (AvgIpc) is 2.65. The lowest BCUT2D eigenvalue weighted by Gasteiger charge is -2.20. The summed E-state index contributed by atoms with van der Waals surface area (Å²) in [5, 5.41) is 9.36. The van der Waals surface area contributed by atoms with Crippen LogP contribution in [0.5, 0.6) is 17.2 Å². The molecule has 6 heteroatoms. The van der Waals surface area contributed by atoms with Crippen LogP contribution < -0.4 is 14.2 Å². The summed E-state index contributed by atoms with van der Waals surface area (Å²) in [6.07, 6.45) is 1.33. The van der Waals surface area contributed by atoms with Gasteiger partial charge in [0.15, 0.2) is 23.1 Å². The first-order valence-corrected chi connectivity index (χ1v) is 7.52. The van der Waals surface area contributed by atoms with Gasteiger partial charge in [0.05, 0.1) is 12.7 Å². The number of Topliss-reactive ketones (excluding diaryl/α,β-unsaturated/α-hetero) is 1. The number of rotatable bonds is 4. The molecule has 0 bridgehead atoms. The summed E-state index contributed by atoms with van der Waals surface area (Å²) >= 11 is 0. The Balaban J connectivity index is 1.98. The molecule has 5 nitrogen and oxygen atoms in total. The number of ether oxygens (including phenoxy) is 3. The fourth-order valence-electron chi connectivity index (χ4n) is 2.49. The molecule has 1 aliphatic heterocycles. The van der Waals surface area contributed by atoms with Crippen molar-refractivity contribution in [2.24, 2.45) is 0 Å². The summed E-state index contributed by atoms with van der Waals surface area (Å²) < 4.78 is 29.6. The molecule has 25 heavy (non-hydrogen) atoms. The summed E-state index contributed by atoms with van der Waals surface area (Å²) in [4.78, 5) is 12.7. The number of halogens is 1. The van der Waals surface area contributed by atoms with Crippen LogP contribution >= 0.6 is 0 Å². The van der Waals surface area contributed by atoms with E-state index in [1.807, 2.05) is 6.07 Å². The van der Waals surface area contributed by atoms with Crippen molar-refractivity contribution in [3.05, 3.63) is 58.9 Å². The first-order valence-electron chi connectivity index (χ1n) is 7.52. The molecule has 0 radical (unpaired) electrons. The Bertz CT molecular complexity index is 899. The molecule has 2 aromatic rings. The van der Waals surface area contributed by atoms with Gasteiger partial charge in [0.1, 0.15) is 24.9 Å². The molecule has 0 unspecified atom stereocenters. The van der Waals surface area contributed by atoms with Gasteiger partial charge in [0.25, 0.3) is 0 Å². The van der Waals surface area contributed by atoms with Gasteiger partial charge in [-0.2, -0.15) is 5.26 Å². The van der Waals surface area contributed by atoms with E-state index in [1.54, 1.807) is 24.3 Å². The van der Waals surface area contributed by atoms with Gasteiger partial charge < -0.3 is 14.2 Å². The van der Waals surface area contributed by atoms with Gasteiger partial charge in [0, 0.05) is 0 Å². The van der Waals surface area contributed by atoms with Gasteiger partial charge in [-0.3, -0.25) is 4.79 Å². The second-order valence-corrected chi connectivity index (χ2v) is 5.22. The van der Waals surface area contributed by atoms with Crippen LogP contribution in [0.4, 0.5) is 4.39 Å². The Hall–Kier alpha value is -3.33. The summed E-state index contributed by atoms with van der Waals surface area (Å²) in [5.74, 6) is -0.216. The Morgan fingerprint density at radius 2 is 2.08 bits per heavy atom. The van der Waals surface area contributed by atoms with Crippen molar-refractivity contribution < 1.29 is 23.4 Å². The Morgan fingerprint density at radius 1 is 1.28 bits per heavy atom. The third-order valence-electron chi connectivity index (χ3n) is 3.66. The highest BCUT2D eigenvalue weighted by molar-refractivity contribution is 6.15. The highest BCUT2D eigenvalue weighted by atomic mass is 19.1. The fraction of sp³-hybridized carbons (Fsp3) is 0.158. The molecule has 0 aliphatic carbocycles. The molecule has 1 aliphatic rings. The normalized spacial score (nSPS) is 13.1. The molecule has 0 amide bonds. The molecular formula is C19H14FNO4. The number of carbonyl (C=O) groups excluding carboxylic acids is 1. The van der Waals surface area contributed by atoms with E-state index in [9.17, 15) is 14.4 Å². The molecule has 0 saturated carbocycles. The summed E-state index contributed by atoms with van der Waals surface area (Å²) in [5.41, 5.74) is 0.483. The predicted molar refractivity (Wildman–Crippen MR) is 88.3 cm³/mol. The zero-order chi connectivity index (χ0) is 17.8. The molecule has 0 spiro atoms. The van der Waals surface area contributed by atoms with E-state index in [4.69, 9.17) is 14.2 Å². The number of nitrogens with zero attached hydrogens (tertiary/aromatic N) is 1. The van der Waals surface area contributed by atoms with Crippen molar-refractivity contribution >= 4 is 11.9 Å². The maximum atomic E-state index is 13.8. The predicted octanol–water partition coefficient (Wildman–Crippen LogP) is 3.40. The first kappa shape index (κ1) is 16.5. The van der Waals surface area contributed by atoms with Crippen molar-refractivity contribution in [2.45, 2.75) is 0 Å². The van der Waals surface area contributed by atoms with E-state index in [0.717, 1.165) is 0 Å². The quantitative estimate of drug-likeness (QED) is 0.485. The Morgan fingerprint density at radius 3 is 2.80 bits per heavy atom. The van der Waals surface area contributed by atoms with Crippen LogP contribution in [0.15, 0.2) is 42.0 Å². The van der Waals surface area contributed by atoms with Gasteiger partial charge >= 0.3 is 0 Å². The second-order valence-electron chi connectivity index (χ2n) is 5.22. The molecule has 0 aromatic heterocycles. The van der Waals surface area contributed by atoms with Crippen molar-refractivity contribution in [2.75, 3.05) is 20.3 Å². The van der Waals surface area contributed by atoms with Crippen molar-refractivity contribution in [3.8, 4) is 23.3 Å². The lowest BCUT2D eigenvalue weighted by atomic mass is 10.0. The van der Waals surface area contributed by atoms with Crippen LogP contribution in [0.1, 0.15) is 15.9 Å². The molecular weight excluding hydrogens is 325 g/mol. The molecule has 0 fully saturated rings. The molecule has 0 saturated heterocycles. The van der Waals surface area contributed by atoms with Crippen LogP contribution in [0, 0.1) is 17.1 Å². The molecule has 0 N–H and O–H groups in total. The summed E-state index contributed by atoms with van der Waals surface area (Å²) in [6, 6.07) is 11.0. The van der Waals surface area contributed by atoms with Gasteiger partial charge in [0.2, 0.25) is 5.78 Å². The number of fused-ring (bicyclic) bond motifs is 1. The van der Waals surface area contributed by atoms with Gasteiger partial charge in [-0.1, -0.05) is 12.1 Å². The number of benzene rings is 2. The van der Waals surface area contributed by atoms with Crippen LogP contribution in [0.3, 0.4) is 0 Å². The van der Waals surface area contributed by atoms with Crippen LogP contribution in [-0.2, 0) is 0 Å². The lowest BCUT2D eigenvalue weighted by molar-refractivity contribution is 0.102. The van der Waals surface area contributed by atoms with Crippen LogP contribution in [0.2, 0.25) is 0 Å². The third-order valence-corrected chi connectivity index (χ3v) is 3.66. The lowest BCUT2D eigenvalue weighted by Crippen LogP contribution is -2.18. The third kappa shape index (κ3) is 3.31. The second kappa shape index (κ2) is 7.05. The monoisotopic (exact) mass is 339 g/mol. The van der Waals surface area contributed by atoms with Crippen LogP contribution in [0.25, 0.3) is 6.08 Å². The Kier molecular flexibility index (Phi) is 4.66. The number of carbonyl (C=O) groups is 1. The number of ketones is 1. The molecule has 0 atom stereocenters. The van der Waals surface area contributed by atoms with Gasteiger partial charge in [-0.25, -0.2) is 4.39 Å². The smallest absolute Gasteiger partial charge is 0.207 e. The maximum Gasteiger partial charge on any atom is 0.207 e. The topological polar surface area (TPSA) is 68.5 Å². The highest BCUT2D eigenvalue weighted by Crippen LogP contribution is 2.35. The van der Waals surface area contributed by atoms with Crippen molar-refractivity contribution in [1.29, 1.82) is 5.26 Å². The van der Waals surface area contributed by atoms with E-state index in [-0.39, 0.29) is 16.9 Å². The SMILES string of the molecule is COc1ccc(C=C(C#N)C(=O)c2cccc3c2OCCO3)cc1F. The zero-order valence-corrected chi connectivity index (χ0v) is 13.4. The fourth-order valence-corrected chi connectivity index (χ4v) is 2.49. The molecule has 1 heterocycles. The molecule has 3 rings (SSSR count). The average molecular weight is 339 g/mol. The van der Waals surface area contributed by atoms with E-state index < -0.39 is 11.6 Å². The largest absolute Gasteiger partial charge is 0.494 e. The number of nitriles is 1. The van der Waals surface area contributed by atoms with Gasteiger partial charge in [-0.05, 0) is 35.9 Å². The van der Waals surface area contributed by atoms with Crippen molar-refractivity contribution in [3.63, 3.8) is 0 Å². The number of hydrogen-bond donors (Lipinski definition) is 0. The Labute approximate surface area is 143 Å². The van der Waals surface area contributed by atoms with Crippen molar-refractivity contribution in [1.82, 2.24) is 0 Å². The maximum absolute atomic E-state index is 13.8. The minimum Gasteiger partial charge on any atom is -0.494 e.